The Kier molecular flexibility index (Phi) is 4.73. The number of ether oxygens (including phenoxy) is 2. The first-order valence-corrected chi connectivity index (χ1v) is 5.86. The van der Waals surface area contributed by atoms with Gasteiger partial charge in [0.1, 0.15) is 5.75 Å². The SMILES string of the molecule is CCOC(=O)C(=O)c1c(C)cc(Cl)c(C)c1OC. The van der Waals surface area contributed by atoms with E-state index in [1.54, 1.807) is 26.8 Å². The quantitative estimate of drug-likeness (QED) is 0.480. The highest BCUT2D eigenvalue weighted by Gasteiger charge is 2.25. The number of benzene rings is 1. The van der Waals surface area contributed by atoms with Crippen LogP contribution in [0.4, 0.5) is 0 Å². The van der Waals surface area contributed by atoms with Gasteiger partial charge >= 0.3 is 5.97 Å². The largest absolute Gasteiger partial charge is 0.496 e. The number of hydrogen-bond acceptors (Lipinski definition) is 4. The number of esters is 1. The van der Waals surface area contributed by atoms with Gasteiger partial charge in [0.25, 0.3) is 5.78 Å². The Morgan fingerprint density at radius 1 is 1.33 bits per heavy atom. The van der Waals surface area contributed by atoms with Gasteiger partial charge in [-0.3, -0.25) is 4.79 Å². The molecular weight excluding hydrogens is 256 g/mol. The third-order valence-electron chi connectivity index (χ3n) is 2.56. The fraction of sp³-hybridized carbons (Fsp3) is 0.385. The number of carbonyl (C=O) groups excluding carboxylic acids is 2. The van der Waals surface area contributed by atoms with Gasteiger partial charge in [0.05, 0.1) is 19.3 Å². The van der Waals surface area contributed by atoms with Crippen LogP contribution in [0.15, 0.2) is 6.07 Å². The van der Waals surface area contributed by atoms with Crippen molar-refractivity contribution < 1.29 is 19.1 Å². The van der Waals surface area contributed by atoms with Crippen LogP contribution in [-0.4, -0.2) is 25.5 Å². The maximum absolute atomic E-state index is 12.0. The molecular formula is C13H15ClO4. The van der Waals surface area contributed by atoms with E-state index < -0.39 is 11.8 Å². The molecule has 0 aliphatic heterocycles. The third kappa shape index (κ3) is 2.64. The molecule has 18 heavy (non-hydrogen) atoms. The number of aryl methyl sites for hydroxylation is 1. The summed E-state index contributed by atoms with van der Waals surface area (Å²) >= 11 is 6.01. The van der Waals surface area contributed by atoms with Crippen LogP contribution in [0.1, 0.15) is 28.4 Å². The third-order valence-corrected chi connectivity index (χ3v) is 2.95. The van der Waals surface area contributed by atoms with E-state index >= 15 is 0 Å². The molecule has 1 rings (SSSR count). The van der Waals surface area contributed by atoms with Crippen molar-refractivity contribution in [3.05, 3.63) is 27.8 Å². The zero-order valence-corrected chi connectivity index (χ0v) is 11.6. The van der Waals surface area contributed by atoms with Crippen molar-refractivity contribution >= 4 is 23.4 Å². The molecule has 0 heterocycles. The highest BCUT2D eigenvalue weighted by molar-refractivity contribution is 6.42. The molecule has 0 radical (unpaired) electrons. The molecule has 0 amide bonds. The van der Waals surface area contributed by atoms with Crippen LogP contribution in [0.3, 0.4) is 0 Å². The van der Waals surface area contributed by atoms with Crippen molar-refractivity contribution in [2.24, 2.45) is 0 Å². The Morgan fingerprint density at radius 3 is 2.44 bits per heavy atom. The van der Waals surface area contributed by atoms with Crippen molar-refractivity contribution in [1.82, 2.24) is 0 Å². The van der Waals surface area contributed by atoms with E-state index in [0.717, 1.165) is 0 Å². The second-order valence-electron chi connectivity index (χ2n) is 3.76. The summed E-state index contributed by atoms with van der Waals surface area (Å²) in [6.07, 6.45) is 0. The van der Waals surface area contributed by atoms with Crippen molar-refractivity contribution in [2.45, 2.75) is 20.8 Å². The topological polar surface area (TPSA) is 52.6 Å². The van der Waals surface area contributed by atoms with Crippen molar-refractivity contribution in [1.29, 1.82) is 0 Å². The molecule has 0 bridgehead atoms. The Bertz CT molecular complexity index is 494. The fourth-order valence-corrected chi connectivity index (χ4v) is 1.93. The van der Waals surface area contributed by atoms with E-state index in [1.807, 2.05) is 0 Å². The summed E-state index contributed by atoms with van der Waals surface area (Å²) in [6.45, 7) is 5.21. The molecule has 5 heteroatoms. The number of methoxy groups -OCH3 is 1. The Balaban J connectivity index is 3.36. The van der Waals surface area contributed by atoms with E-state index in [0.29, 0.717) is 21.9 Å². The number of hydrogen-bond donors (Lipinski definition) is 0. The molecule has 0 saturated heterocycles. The number of ketones is 1. The zero-order valence-electron chi connectivity index (χ0n) is 10.8. The van der Waals surface area contributed by atoms with E-state index in [9.17, 15) is 9.59 Å². The summed E-state index contributed by atoms with van der Waals surface area (Å²) in [6, 6.07) is 1.63. The van der Waals surface area contributed by atoms with Gasteiger partial charge in [-0.15, -0.1) is 0 Å². The minimum atomic E-state index is -0.888. The normalized spacial score (nSPS) is 10.1. The summed E-state index contributed by atoms with van der Waals surface area (Å²) in [7, 11) is 1.43. The predicted molar refractivity (Wildman–Crippen MR) is 68.4 cm³/mol. The summed E-state index contributed by atoms with van der Waals surface area (Å²) < 4.78 is 9.88. The maximum Gasteiger partial charge on any atom is 0.379 e. The van der Waals surface area contributed by atoms with Gasteiger partial charge in [-0.05, 0) is 32.4 Å². The second kappa shape index (κ2) is 5.87. The molecule has 0 saturated carbocycles. The minimum absolute atomic E-state index is 0.151. The van der Waals surface area contributed by atoms with Gasteiger partial charge < -0.3 is 9.47 Å². The average molecular weight is 271 g/mol. The molecule has 0 N–H and O–H groups in total. The number of carbonyl (C=O) groups is 2. The highest BCUT2D eigenvalue weighted by atomic mass is 35.5. The summed E-state index contributed by atoms with van der Waals surface area (Å²) in [4.78, 5) is 23.5. The van der Waals surface area contributed by atoms with Crippen molar-refractivity contribution in [3.63, 3.8) is 0 Å². The number of rotatable bonds is 4. The predicted octanol–water partition coefficient (Wildman–Crippen LogP) is 2.71. The average Bonchev–Trinajstić information content (AvgIpc) is 2.32. The highest BCUT2D eigenvalue weighted by Crippen LogP contribution is 2.32. The molecule has 0 aliphatic carbocycles. The lowest BCUT2D eigenvalue weighted by Crippen LogP contribution is -2.19. The number of halogens is 1. The van der Waals surface area contributed by atoms with Gasteiger partial charge in [-0.2, -0.15) is 0 Å². The minimum Gasteiger partial charge on any atom is -0.496 e. The summed E-state index contributed by atoms with van der Waals surface area (Å²) in [5.74, 6) is -1.29. The molecule has 98 valence electrons. The van der Waals surface area contributed by atoms with Gasteiger partial charge in [0.15, 0.2) is 0 Å². The van der Waals surface area contributed by atoms with E-state index in [1.165, 1.54) is 7.11 Å². The standard InChI is InChI=1S/C13H15ClO4/c1-5-18-13(16)11(15)10-7(2)6-9(14)8(3)12(10)17-4/h6H,5H2,1-4H3. The lowest BCUT2D eigenvalue weighted by Gasteiger charge is -2.14. The molecule has 0 atom stereocenters. The van der Waals surface area contributed by atoms with Crippen LogP contribution >= 0.6 is 11.6 Å². The summed E-state index contributed by atoms with van der Waals surface area (Å²) in [5.41, 5.74) is 1.41. The van der Waals surface area contributed by atoms with Crippen LogP contribution in [0.2, 0.25) is 5.02 Å². The Labute approximate surface area is 111 Å². The lowest BCUT2D eigenvalue weighted by molar-refractivity contribution is -0.137. The molecule has 0 spiro atoms. The Morgan fingerprint density at radius 2 is 1.94 bits per heavy atom. The van der Waals surface area contributed by atoms with Crippen LogP contribution < -0.4 is 4.74 Å². The van der Waals surface area contributed by atoms with Crippen molar-refractivity contribution in [3.8, 4) is 5.75 Å². The second-order valence-corrected chi connectivity index (χ2v) is 4.17. The van der Waals surface area contributed by atoms with E-state index in [2.05, 4.69) is 0 Å². The first-order valence-electron chi connectivity index (χ1n) is 5.49. The Hall–Kier alpha value is -1.55. The molecule has 0 aromatic heterocycles. The van der Waals surface area contributed by atoms with Crippen LogP contribution in [-0.2, 0) is 9.53 Å². The molecule has 0 unspecified atom stereocenters. The van der Waals surface area contributed by atoms with Gasteiger partial charge in [-0.1, -0.05) is 11.6 Å². The van der Waals surface area contributed by atoms with Crippen LogP contribution in [0, 0.1) is 13.8 Å². The monoisotopic (exact) mass is 270 g/mol. The molecule has 1 aromatic carbocycles. The van der Waals surface area contributed by atoms with Gasteiger partial charge in [0, 0.05) is 10.6 Å². The van der Waals surface area contributed by atoms with Gasteiger partial charge in [0.2, 0.25) is 0 Å². The molecule has 4 nitrogen and oxygen atoms in total. The fourth-order valence-electron chi connectivity index (χ4n) is 1.68. The summed E-state index contributed by atoms with van der Waals surface area (Å²) in [5, 5.41) is 0.491. The lowest BCUT2D eigenvalue weighted by atomic mass is 10.00. The van der Waals surface area contributed by atoms with E-state index in [-0.39, 0.29) is 12.2 Å². The van der Waals surface area contributed by atoms with Crippen LogP contribution in [0.5, 0.6) is 5.75 Å². The first-order chi connectivity index (χ1) is 8.43. The maximum atomic E-state index is 12.0. The smallest absolute Gasteiger partial charge is 0.379 e. The number of Topliss-reactive ketones (excluding diaryl/α,β-unsaturated/α-hetero) is 1. The first kappa shape index (κ1) is 14.5. The van der Waals surface area contributed by atoms with Crippen molar-refractivity contribution in [2.75, 3.05) is 13.7 Å². The molecule has 0 fully saturated rings. The van der Waals surface area contributed by atoms with E-state index in [4.69, 9.17) is 21.1 Å². The molecule has 0 aliphatic rings. The zero-order chi connectivity index (χ0) is 13.9. The van der Waals surface area contributed by atoms with Crippen LogP contribution in [0.25, 0.3) is 0 Å². The molecule has 1 aromatic rings. The van der Waals surface area contributed by atoms with Gasteiger partial charge in [-0.25, -0.2) is 4.79 Å².